The molecule has 0 aliphatic carbocycles. The topological polar surface area (TPSA) is 72.2 Å². The lowest BCUT2D eigenvalue weighted by molar-refractivity contribution is -0.116. The van der Waals surface area contributed by atoms with E-state index in [1.54, 1.807) is 25.1 Å². The highest BCUT2D eigenvalue weighted by Gasteiger charge is 2.09. The van der Waals surface area contributed by atoms with Gasteiger partial charge in [-0.15, -0.1) is 11.3 Å². The van der Waals surface area contributed by atoms with E-state index in [9.17, 15) is 9.59 Å². The molecule has 118 valence electrons. The van der Waals surface area contributed by atoms with Gasteiger partial charge in [-0.3, -0.25) is 9.59 Å². The molecule has 0 saturated heterocycles. The normalized spacial score (nSPS) is 10.8. The first-order chi connectivity index (χ1) is 11.1. The summed E-state index contributed by atoms with van der Waals surface area (Å²) in [5, 5.41) is 4.70. The molecule has 3 aromatic rings. The molecular formula is C17H16N2O3S. The molecular weight excluding hydrogens is 312 g/mol. The third-order valence-corrected chi connectivity index (χ3v) is 4.29. The van der Waals surface area contributed by atoms with Crippen LogP contribution in [-0.4, -0.2) is 16.7 Å². The zero-order valence-corrected chi connectivity index (χ0v) is 13.5. The molecule has 0 radical (unpaired) electrons. The number of aromatic nitrogens is 1. The number of rotatable bonds is 6. The molecule has 1 amide bonds. The van der Waals surface area contributed by atoms with Crippen LogP contribution in [0.15, 0.2) is 40.1 Å². The van der Waals surface area contributed by atoms with Crippen LogP contribution < -0.4 is 5.32 Å². The Morgan fingerprint density at radius 3 is 2.91 bits per heavy atom. The van der Waals surface area contributed by atoms with Gasteiger partial charge in [0, 0.05) is 25.5 Å². The summed E-state index contributed by atoms with van der Waals surface area (Å²) in [6.45, 7) is 1.78. The van der Waals surface area contributed by atoms with E-state index in [0.717, 1.165) is 4.88 Å². The number of hydrogen-bond acceptors (Lipinski definition) is 5. The van der Waals surface area contributed by atoms with Crippen molar-refractivity contribution in [2.24, 2.45) is 0 Å². The van der Waals surface area contributed by atoms with Crippen molar-refractivity contribution in [3.8, 4) is 0 Å². The Bertz CT molecular complexity index is 837. The lowest BCUT2D eigenvalue weighted by Crippen LogP contribution is -2.11. The standard InChI is InChI=1S/C17H16N2O3S/c1-11-18-13-10-12(7-8-15(13)22-11)19-17(21)6-2-4-14(20)16-5-3-9-23-16/h3,5,7-10H,2,4,6H2,1H3,(H,19,21). The minimum Gasteiger partial charge on any atom is -0.441 e. The summed E-state index contributed by atoms with van der Waals surface area (Å²) in [7, 11) is 0. The lowest BCUT2D eigenvalue weighted by Gasteiger charge is -2.04. The van der Waals surface area contributed by atoms with Crippen LogP contribution in [0.2, 0.25) is 0 Å². The molecule has 0 atom stereocenters. The van der Waals surface area contributed by atoms with Crippen molar-refractivity contribution in [1.82, 2.24) is 4.98 Å². The minimum atomic E-state index is -0.108. The van der Waals surface area contributed by atoms with E-state index >= 15 is 0 Å². The maximum absolute atomic E-state index is 12.0. The van der Waals surface area contributed by atoms with Crippen molar-refractivity contribution in [2.75, 3.05) is 5.32 Å². The number of nitrogens with one attached hydrogen (secondary N) is 1. The van der Waals surface area contributed by atoms with Crippen molar-refractivity contribution < 1.29 is 14.0 Å². The number of carbonyl (C=O) groups is 2. The Morgan fingerprint density at radius 2 is 2.13 bits per heavy atom. The van der Waals surface area contributed by atoms with Crippen LogP contribution in [0.25, 0.3) is 11.1 Å². The van der Waals surface area contributed by atoms with Gasteiger partial charge in [0.05, 0.1) is 4.88 Å². The fourth-order valence-corrected chi connectivity index (χ4v) is 3.01. The summed E-state index contributed by atoms with van der Waals surface area (Å²) >= 11 is 1.43. The number of anilines is 1. The number of oxazole rings is 1. The van der Waals surface area contributed by atoms with Gasteiger partial charge in [-0.2, -0.15) is 0 Å². The predicted molar refractivity (Wildman–Crippen MR) is 89.9 cm³/mol. The maximum atomic E-state index is 12.0. The minimum absolute atomic E-state index is 0.0901. The third-order valence-electron chi connectivity index (χ3n) is 3.38. The summed E-state index contributed by atoms with van der Waals surface area (Å²) in [4.78, 5) is 28.8. The van der Waals surface area contributed by atoms with Gasteiger partial charge in [-0.25, -0.2) is 4.98 Å². The Balaban J connectivity index is 1.51. The number of ketones is 1. The molecule has 1 aromatic carbocycles. The third kappa shape index (κ3) is 3.84. The number of fused-ring (bicyclic) bond motifs is 1. The van der Waals surface area contributed by atoms with Crippen LogP contribution in [0, 0.1) is 6.92 Å². The number of carbonyl (C=O) groups excluding carboxylic acids is 2. The molecule has 1 N–H and O–H groups in total. The van der Waals surface area contributed by atoms with Gasteiger partial charge in [0.15, 0.2) is 17.3 Å². The number of aryl methyl sites for hydroxylation is 1. The molecule has 0 aliphatic rings. The van der Waals surface area contributed by atoms with Gasteiger partial charge >= 0.3 is 0 Å². The Labute approximate surface area is 137 Å². The molecule has 6 heteroatoms. The first-order valence-corrected chi connectivity index (χ1v) is 8.23. The highest BCUT2D eigenvalue weighted by atomic mass is 32.1. The predicted octanol–water partition coefficient (Wildman–Crippen LogP) is 4.19. The number of benzene rings is 1. The summed E-state index contributed by atoms with van der Waals surface area (Å²) in [5.41, 5.74) is 2.09. The smallest absolute Gasteiger partial charge is 0.224 e. The van der Waals surface area contributed by atoms with Crippen LogP contribution in [0.5, 0.6) is 0 Å². The van der Waals surface area contributed by atoms with Gasteiger partial charge in [0.2, 0.25) is 5.91 Å². The number of thiophene rings is 1. The van der Waals surface area contributed by atoms with Crippen LogP contribution in [-0.2, 0) is 4.79 Å². The van der Waals surface area contributed by atoms with Crippen molar-refractivity contribution in [3.05, 3.63) is 46.5 Å². The largest absolute Gasteiger partial charge is 0.441 e. The van der Waals surface area contributed by atoms with Crippen molar-refractivity contribution in [1.29, 1.82) is 0 Å². The SMILES string of the molecule is Cc1nc2cc(NC(=O)CCCC(=O)c3cccs3)ccc2o1. The molecule has 0 saturated carbocycles. The van der Waals surface area contributed by atoms with E-state index in [1.165, 1.54) is 11.3 Å². The van der Waals surface area contributed by atoms with Gasteiger partial charge in [0.1, 0.15) is 5.52 Å². The summed E-state index contributed by atoms with van der Waals surface area (Å²) in [5.74, 6) is 0.575. The maximum Gasteiger partial charge on any atom is 0.224 e. The van der Waals surface area contributed by atoms with Crippen LogP contribution in [0.3, 0.4) is 0 Å². The molecule has 23 heavy (non-hydrogen) atoms. The zero-order chi connectivity index (χ0) is 16.2. The average molecular weight is 328 g/mol. The van der Waals surface area contributed by atoms with Crippen LogP contribution in [0.1, 0.15) is 34.8 Å². The molecule has 5 nitrogen and oxygen atoms in total. The lowest BCUT2D eigenvalue weighted by atomic mass is 10.1. The number of nitrogens with zero attached hydrogens (tertiary/aromatic N) is 1. The highest BCUT2D eigenvalue weighted by molar-refractivity contribution is 7.12. The van der Waals surface area contributed by atoms with E-state index in [2.05, 4.69) is 10.3 Å². The zero-order valence-electron chi connectivity index (χ0n) is 12.7. The summed E-state index contributed by atoms with van der Waals surface area (Å²) in [6.07, 6.45) is 1.23. The van der Waals surface area contributed by atoms with Crippen LogP contribution in [0.4, 0.5) is 5.69 Å². The van der Waals surface area contributed by atoms with E-state index < -0.39 is 0 Å². The molecule has 0 spiro atoms. The van der Waals surface area contributed by atoms with Gasteiger partial charge < -0.3 is 9.73 Å². The quantitative estimate of drug-likeness (QED) is 0.689. The van der Waals surface area contributed by atoms with Crippen molar-refractivity contribution in [3.63, 3.8) is 0 Å². The molecule has 0 fully saturated rings. The first-order valence-electron chi connectivity index (χ1n) is 7.35. The molecule has 0 bridgehead atoms. The Hall–Kier alpha value is -2.47. The van der Waals surface area contributed by atoms with Crippen molar-refractivity contribution in [2.45, 2.75) is 26.2 Å². The van der Waals surface area contributed by atoms with Gasteiger partial charge in [0.25, 0.3) is 0 Å². The Kier molecular flexibility index (Phi) is 4.52. The first kappa shape index (κ1) is 15.4. The summed E-state index contributed by atoms with van der Waals surface area (Å²) < 4.78 is 5.39. The van der Waals surface area contributed by atoms with Gasteiger partial charge in [-0.1, -0.05) is 6.07 Å². The number of amides is 1. The second-order valence-corrected chi connectivity index (χ2v) is 6.17. The van der Waals surface area contributed by atoms with E-state index in [1.807, 2.05) is 17.5 Å². The molecule has 0 unspecified atom stereocenters. The van der Waals surface area contributed by atoms with Crippen LogP contribution >= 0.6 is 11.3 Å². The van der Waals surface area contributed by atoms with E-state index in [0.29, 0.717) is 41.9 Å². The molecule has 2 aromatic heterocycles. The number of hydrogen-bond donors (Lipinski definition) is 1. The molecule has 3 rings (SSSR count). The second kappa shape index (κ2) is 6.75. The number of Topliss-reactive ketones (excluding diaryl/α,β-unsaturated/α-hetero) is 1. The Morgan fingerprint density at radius 1 is 1.26 bits per heavy atom. The molecule has 0 aliphatic heterocycles. The second-order valence-electron chi connectivity index (χ2n) is 5.22. The van der Waals surface area contributed by atoms with E-state index in [4.69, 9.17) is 4.42 Å². The van der Waals surface area contributed by atoms with Gasteiger partial charge in [-0.05, 0) is 36.1 Å². The van der Waals surface area contributed by atoms with E-state index in [-0.39, 0.29) is 11.7 Å². The fraction of sp³-hybridized carbons (Fsp3) is 0.235. The average Bonchev–Trinajstić information content (AvgIpc) is 3.15. The monoisotopic (exact) mass is 328 g/mol. The highest BCUT2D eigenvalue weighted by Crippen LogP contribution is 2.20. The molecule has 2 heterocycles. The van der Waals surface area contributed by atoms with Crippen molar-refractivity contribution >= 4 is 39.8 Å². The fourth-order valence-electron chi connectivity index (χ4n) is 2.31. The summed E-state index contributed by atoms with van der Waals surface area (Å²) in [6, 6.07) is 9.00.